The van der Waals surface area contributed by atoms with Crippen LogP contribution in [0.2, 0.25) is 0 Å². The van der Waals surface area contributed by atoms with Crippen LogP contribution in [0, 0.1) is 6.92 Å². The van der Waals surface area contributed by atoms with Crippen LogP contribution in [-0.4, -0.2) is 54.6 Å². The highest BCUT2D eigenvalue weighted by Crippen LogP contribution is 2.37. The van der Waals surface area contributed by atoms with E-state index in [4.69, 9.17) is 0 Å². The molecule has 5 heteroatoms. The molecular weight excluding hydrogens is 262 g/mol. The average Bonchev–Trinajstić information content (AvgIpc) is 2.40. The van der Waals surface area contributed by atoms with Crippen LogP contribution < -0.4 is 10.2 Å². The second-order valence-electron chi connectivity index (χ2n) is 6.39. The van der Waals surface area contributed by atoms with Crippen molar-refractivity contribution in [1.29, 1.82) is 0 Å². The fourth-order valence-electron chi connectivity index (χ4n) is 2.94. The van der Waals surface area contributed by atoms with Gasteiger partial charge in [0.05, 0.1) is 0 Å². The average molecular weight is 291 g/mol. The van der Waals surface area contributed by atoms with E-state index < -0.39 is 0 Å². The van der Waals surface area contributed by atoms with Gasteiger partial charge in [-0.2, -0.15) is 0 Å². The number of likely N-dealkylation sites (N-methyl/N-ethyl adjacent to an activating group) is 2. The Labute approximate surface area is 128 Å². The highest BCUT2D eigenvalue weighted by atomic mass is 15.3. The Hall–Kier alpha value is -1.20. The molecule has 0 radical (unpaired) electrons. The summed E-state index contributed by atoms with van der Waals surface area (Å²) in [5.41, 5.74) is 2.55. The topological polar surface area (TPSA) is 44.3 Å². The van der Waals surface area contributed by atoms with Crippen LogP contribution in [0.3, 0.4) is 0 Å². The summed E-state index contributed by atoms with van der Waals surface area (Å²) >= 11 is 0. The maximum atomic E-state index is 4.68. The normalized spacial score (nSPS) is 16.9. The third-order valence-electron chi connectivity index (χ3n) is 4.74. The van der Waals surface area contributed by atoms with Crippen LogP contribution in [0.5, 0.6) is 0 Å². The fraction of sp³-hybridized carbons (Fsp3) is 0.750. The summed E-state index contributed by atoms with van der Waals surface area (Å²) in [6.07, 6.45) is 5.82. The molecule has 1 N–H and O–H groups in total. The lowest BCUT2D eigenvalue weighted by molar-refractivity contribution is 0.0680. The zero-order valence-electron chi connectivity index (χ0n) is 14.1. The van der Waals surface area contributed by atoms with Crippen LogP contribution in [0.25, 0.3) is 0 Å². The molecule has 0 aromatic carbocycles. The molecule has 118 valence electrons. The van der Waals surface area contributed by atoms with Crippen LogP contribution in [0.4, 0.5) is 5.95 Å². The second-order valence-corrected chi connectivity index (χ2v) is 6.39. The van der Waals surface area contributed by atoms with Gasteiger partial charge in [-0.25, -0.2) is 9.97 Å². The molecule has 0 aliphatic heterocycles. The Bertz CT molecular complexity index is 468. The minimum atomic E-state index is 0.300. The molecule has 21 heavy (non-hydrogen) atoms. The lowest BCUT2D eigenvalue weighted by atomic mass is 9.75. The first kappa shape index (κ1) is 16.2. The number of hydrogen-bond acceptors (Lipinski definition) is 5. The van der Waals surface area contributed by atoms with E-state index in [1.807, 2.05) is 6.20 Å². The summed E-state index contributed by atoms with van der Waals surface area (Å²) in [6.45, 7) is 6.97. The molecule has 0 unspecified atom stereocenters. The van der Waals surface area contributed by atoms with Gasteiger partial charge in [0.25, 0.3) is 0 Å². The predicted molar refractivity (Wildman–Crippen MR) is 87.7 cm³/mol. The van der Waals surface area contributed by atoms with Crippen molar-refractivity contribution < 1.29 is 0 Å². The van der Waals surface area contributed by atoms with Gasteiger partial charge in [0.2, 0.25) is 5.95 Å². The monoisotopic (exact) mass is 291 g/mol. The Balaban J connectivity index is 2.05. The highest BCUT2D eigenvalue weighted by Gasteiger charge is 2.40. The molecule has 0 saturated heterocycles. The molecule has 1 aromatic heterocycles. The molecule has 1 fully saturated rings. The second kappa shape index (κ2) is 6.71. The molecule has 1 heterocycles. The molecular formula is C16H29N5. The van der Waals surface area contributed by atoms with Gasteiger partial charge in [0, 0.05) is 43.1 Å². The third-order valence-corrected chi connectivity index (χ3v) is 4.74. The molecule has 0 bridgehead atoms. The van der Waals surface area contributed by atoms with Gasteiger partial charge < -0.3 is 15.1 Å². The lowest BCUT2D eigenvalue weighted by Crippen LogP contribution is -2.57. The minimum absolute atomic E-state index is 0.300. The van der Waals surface area contributed by atoms with E-state index in [-0.39, 0.29) is 0 Å². The number of aromatic nitrogens is 2. The molecule has 0 spiro atoms. The summed E-state index contributed by atoms with van der Waals surface area (Å²) in [5.74, 6) is 0.834. The standard InChI is InChI=1S/C16H29N5/c1-6-17-10-14-11-18-15(19-13(14)2)21(5)12-16(20(3)4)8-7-9-16/h11,17H,6-10,12H2,1-5H3. The van der Waals surface area contributed by atoms with Crippen molar-refractivity contribution in [2.75, 3.05) is 39.1 Å². The minimum Gasteiger partial charge on any atom is -0.342 e. The summed E-state index contributed by atoms with van der Waals surface area (Å²) in [6, 6.07) is 0. The third kappa shape index (κ3) is 3.52. The van der Waals surface area contributed by atoms with Crippen molar-refractivity contribution in [1.82, 2.24) is 20.2 Å². The predicted octanol–water partition coefficient (Wildman–Crippen LogP) is 1.82. The molecule has 1 aliphatic carbocycles. The smallest absolute Gasteiger partial charge is 0.225 e. The van der Waals surface area contributed by atoms with Crippen molar-refractivity contribution in [3.8, 4) is 0 Å². The summed E-state index contributed by atoms with van der Waals surface area (Å²) in [5, 5.41) is 3.33. The molecule has 0 atom stereocenters. The van der Waals surface area contributed by atoms with Gasteiger partial charge in [0.15, 0.2) is 0 Å². The quantitative estimate of drug-likeness (QED) is 0.830. The SMILES string of the molecule is CCNCc1cnc(N(C)CC2(N(C)C)CCC2)nc1C. The van der Waals surface area contributed by atoms with Gasteiger partial charge in [-0.15, -0.1) is 0 Å². The van der Waals surface area contributed by atoms with Crippen molar-refractivity contribution in [2.24, 2.45) is 0 Å². The van der Waals surface area contributed by atoms with Gasteiger partial charge >= 0.3 is 0 Å². The first-order chi connectivity index (χ1) is 9.98. The number of nitrogens with one attached hydrogen (secondary N) is 1. The Kier molecular flexibility index (Phi) is 5.17. The number of nitrogens with zero attached hydrogens (tertiary/aromatic N) is 4. The van der Waals surface area contributed by atoms with Gasteiger partial charge in [-0.05, 0) is 46.8 Å². The summed E-state index contributed by atoms with van der Waals surface area (Å²) in [7, 11) is 6.46. The number of anilines is 1. The van der Waals surface area contributed by atoms with Crippen molar-refractivity contribution in [3.63, 3.8) is 0 Å². The molecule has 5 nitrogen and oxygen atoms in total. The summed E-state index contributed by atoms with van der Waals surface area (Å²) in [4.78, 5) is 13.8. The van der Waals surface area contributed by atoms with Crippen LogP contribution in [0.15, 0.2) is 6.20 Å². The molecule has 1 saturated carbocycles. The maximum Gasteiger partial charge on any atom is 0.225 e. The van der Waals surface area contributed by atoms with Gasteiger partial charge in [0.1, 0.15) is 0 Å². The van der Waals surface area contributed by atoms with Crippen LogP contribution in [-0.2, 0) is 6.54 Å². The van der Waals surface area contributed by atoms with E-state index in [1.165, 1.54) is 24.8 Å². The number of hydrogen-bond donors (Lipinski definition) is 1. The first-order valence-electron chi connectivity index (χ1n) is 7.90. The van der Waals surface area contributed by atoms with Crippen molar-refractivity contribution >= 4 is 5.95 Å². The van der Waals surface area contributed by atoms with E-state index in [1.54, 1.807) is 0 Å². The Morgan fingerprint density at radius 3 is 2.48 bits per heavy atom. The van der Waals surface area contributed by atoms with Gasteiger partial charge in [-0.3, -0.25) is 0 Å². The first-order valence-corrected chi connectivity index (χ1v) is 7.90. The fourth-order valence-corrected chi connectivity index (χ4v) is 2.94. The highest BCUT2D eigenvalue weighted by molar-refractivity contribution is 5.33. The van der Waals surface area contributed by atoms with E-state index >= 15 is 0 Å². The van der Waals surface area contributed by atoms with E-state index in [0.717, 1.165) is 31.3 Å². The Morgan fingerprint density at radius 1 is 1.29 bits per heavy atom. The largest absolute Gasteiger partial charge is 0.342 e. The lowest BCUT2D eigenvalue weighted by Gasteiger charge is -2.49. The van der Waals surface area contributed by atoms with Crippen LogP contribution in [0.1, 0.15) is 37.4 Å². The number of aryl methyl sites for hydroxylation is 1. The number of rotatable bonds is 7. The van der Waals surface area contributed by atoms with Crippen molar-refractivity contribution in [3.05, 3.63) is 17.5 Å². The van der Waals surface area contributed by atoms with E-state index in [9.17, 15) is 0 Å². The van der Waals surface area contributed by atoms with Crippen LogP contribution >= 0.6 is 0 Å². The summed E-state index contributed by atoms with van der Waals surface area (Å²) < 4.78 is 0. The molecule has 2 rings (SSSR count). The van der Waals surface area contributed by atoms with Crippen molar-refractivity contribution in [2.45, 2.75) is 45.2 Å². The Morgan fingerprint density at radius 2 is 2.00 bits per heavy atom. The van der Waals surface area contributed by atoms with E-state index in [2.05, 4.69) is 60.1 Å². The van der Waals surface area contributed by atoms with Gasteiger partial charge in [-0.1, -0.05) is 6.92 Å². The maximum absolute atomic E-state index is 4.68. The molecule has 0 amide bonds. The zero-order valence-corrected chi connectivity index (χ0v) is 14.1. The van der Waals surface area contributed by atoms with E-state index in [0.29, 0.717) is 5.54 Å². The zero-order chi connectivity index (χ0) is 15.5. The molecule has 1 aromatic rings. The molecule has 1 aliphatic rings.